The minimum absolute atomic E-state index is 0. The first-order valence-corrected chi connectivity index (χ1v) is 5.55. The molecular formula is C13H19F3N2O. The van der Waals surface area contributed by atoms with Gasteiger partial charge in [-0.2, -0.15) is 13.2 Å². The van der Waals surface area contributed by atoms with E-state index in [-0.39, 0.29) is 19.9 Å². The number of anilines is 1. The fourth-order valence-corrected chi connectivity index (χ4v) is 1.53. The van der Waals surface area contributed by atoms with Crippen molar-refractivity contribution in [2.24, 2.45) is 5.73 Å². The molecular weight excluding hydrogens is 257 g/mol. The van der Waals surface area contributed by atoms with Crippen LogP contribution in [0.5, 0.6) is 0 Å². The van der Waals surface area contributed by atoms with E-state index < -0.39 is 17.6 Å². The maximum Gasteiger partial charge on any atom is 0.416 e. The smallest absolute Gasteiger partial charge is 0.382 e. The first-order valence-electron chi connectivity index (χ1n) is 5.55. The Labute approximate surface area is 111 Å². The lowest BCUT2D eigenvalue weighted by Gasteiger charge is -2.17. The molecule has 0 radical (unpaired) electrons. The molecule has 6 heteroatoms. The maximum absolute atomic E-state index is 12.3. The highest BCUT2D eigenvalue weighted by atomic mass is 19.4. The summed E-state index contributed by atoms with van der Waals surface area (Å²) in [4.78, 5) is 10.8. The SMILES string of the molecule is C.CC[C@H](CC(N)=O)Nc1ccc(C(F)(F)F)cc1. The summed E-state index contributed by atoms with van der Waals surface area (Å²) < 4.78 is 37.0. The Morgan fingerprint density at radius 2 is 1.84 bits per heavy atom. The predicted octanol–water partition coefficient (Wildman–Crippen LogP) is 3.41. The fourth-order valence-electron chi connectivity index (χ4n) is 1.53. The first-order chi connectivity index (χ1) is 8.32. The number of carbonyl (C=O) groups is 1. The van der Waals surface area contributed by atoms with Crippen molar-refractivity contribution in [3.63, 3.8) is 0 Å². The van der Waals surface area contributed by atoms with Crippen LogP contribution in [0.4, 0.5) is 18.9 Å². The topological polar surface area (TPSA) is 55.1 Å². The molecule has 0 aliphatic carbocycles. The molecule has 1 atom stereocenters. The molecule has 1 aromatic carbocycles. The zero-order valence-corrected chi connectivity index (χ0v) is 9.92. The molecule has 0 aliphatic heterocycles. The molecule has 0 bridgehead atoms. The van der Waals surface area contributed by atoms with E-state index in [0.29, 0.717) is 12.1 Å². The van der Waals surface area contributed by atoms with Crippen LogP contribution in [-0.4, -0.2) is 11.9 Å². The van der Waals surface area contributed by atoms with E-state index in [2.05, 4.69) is 5.32 Å². The molecule has 0 fully saturated rings. The minimum Gasteiger partial charge on any atom is -0.382 e. The van der Waals surface area contributed by atoms with Gasteiger partial charge in [0.15, 0.2) is 0 Å². The fraction of sp³-hybridized carbons (Fsp3) is 0.462. The van der Waals surface area contributed by atoms with Gasteiger partial charge >= 0.3 is 6.18 Å². The Morgan fingerprint density at radius 3 is 2.21 bits per heavy atom. The van der Waals surface area contributed by atoms with E-state index in [4.69, 9.17) is 5.73 Å². The van der Waals surface area contributed by atoms with Crippen molar-refractivity contribution in [3.8, 4) is 0 Å². The number of hydrogen-bond donors (Lipinski definition) is 2. The molecule has 108 valence electrons. The van der Waals surface area contributed by atoms with Gasteiger partial charge in [-0.05, 0) is 30.7 Å². The van der Waals surface area contributed by atoms with Crippen molar-refractivity contribution in [3.05, 3.63) is 29.8 Å². The molecule has 1 aromatic rings. The molecule has 3 N–H and O–H groups in total. The lowest BCUT2D eigenvalue weighted by atomic mass is 10.1. The molecule has 0 aliphatic rings. The van der Waals surface area contributed by atoms with Crippen LogP contribution in [0.3, 0.4) is 0 Å². The van der Waals surface area contributed by atoms with Crippen molar-refractivity contribution in [2.75, 3.05) is 5.32 Å². The van der Waals surface area contributed by atoms with Gasteiger partial charge in [-0.3, -0.25) is 4.79 Å². The Hall–Kier alpha value is -1.72. The largest absolute Gasteiger partial charge is 0.416 e. The summed E-state index contributed by atoms with van der Waals surface area (Å²) in [6, 6.07) is 4.51. The first kappa shape index (κ1) is 17.3. The van der Waals surface area contributed by atoms with Gasteiger partial charge in [0.1, 0.15) is 0 Å². The Bertz CT molecular complexity index is 401. The third kappa shape index (κ3) is 5.63. The summed E-state index contributed by atoms with van der Waals surface area (Å²) >= 11 is 0. The van der Waals surface area contributed by atoms with Gasteiger partial charge in [-0.15, -0.1) is 0 Å². The minimum atomic E-state index is -4.34. The third-order valence-corrected chi connectivity index (χ3v) is 2.52. The van der Waals surface area contributed by atoms with Crippen molar-refractivity contribution in [1.82, 2.24) is 0 Å². The number of alkyl halides is 3. The van der Waals surface area contributed by atoms with Crippen LogP contribution < -0.4 is 11.1 Å². The van der Waals surface area contributed by atoms with E-state index in [0.717, 1.165) is 12.1 Å². The highest BCUT2D eigenvalue weighted by Crippen LogP contribution is 2.29. The summed E-state index contributed by atoms with van der Waals surface area (Å²) in [5, 5.41) is 2.97. The van der Waals surface area contributed by atoms with Gasteiger partial charge in [0.25, 0.3) is 0 Å². The third-order valence-electron chi connectivity index (χ3n) is 2.52. The van der Waals surface area contributed by atoms with Crippen LogP contribution in [0.15, 0.2) is 24.3 Å². The average molecular weight is 276 g/mol. The number of primary amides is 1. The lowest BCUT2D eigenvalue weighted by molar-refractivity contribution is -0.137. The van der Waals surface area contributed by atoms with Gasteiger partial charge in [0.05, 0.1) is 5.56 Å². The second kappa shape index (κ2) is 7.01. The van der Waals surface area contributed by atoms with Crippen LogP contribution in [0.2, 0.25) is 0 Å². The molecule has 0 unspecified atom stereocenters. The normalized spacial score (nSPS) is 12.4. The number of benzene rings is 1. The maximum atomic E-state index is 12.3. The van der Waals surface area contributed by atoms with Crippen molar-refractivity contribution in [1.29, 1.82) is 0 Å². The number of rotatable bonds is 5. The lowest BCUT2D eigenvalue weighted by Crippen LogP contribution is -2.26. The van der Waals surface area contributed by atoms with E-state index in [1.165, 1.54) is 12.1 Å². The summed E-state index contributed by atoms with van der Waals surface area (Å²) in [7, 11) is 0. The molecule has 0 saturated heterocycles. The number of halogens is 3. The van der Waals surface area contributed by atoms with Crippen molar-refractivity contribution >= 4 is 11.6 Å². The Morgan fingerprint density at radius 1 is 1.32 bits per heavy atom. The Balaban J connectivity index is 0.00000324. The predicted molar refractivity (Wildman–Crippen MR) is 69.7 cm³/mol. The average Bonchev–Trinajstić information content (AvgIpc) is 2.27. The zero-order valence-electron chi connectivity index (χ0n) is 9.92. The molecule has 19 heavy (non-hydrogen) atoms. The number of nitrogens with two attached hydrogens (primary N) is 1. The molecule has 0 spiro atoms. The van der Waals surface area contributed by atoms with Gasteiger partial charge in [-0.1, -0.05) is 14.4 Å². The van der Waals surface area contributed by atoms with Gasteiger partial charge in [-0.25, -0.2) is 0 Å². The highest BCUT2D eigenvalue weighted by molar-refractivity contribution is 5.75. The summed E-state index contributed by atoms with van der Waals surface area (Å²) in [6.45, 7) is 1.87. The zero-order chi connectivity index (χ0) is 13.8. The van der Waals surface area contributed by atoms with E-state index in [9.17, 15) is 18.0 Å². The summed E-state index contributed by atoms with van der Waals surface area (Å²) in [5.74, 6) is -0.443. The molecule has 0 aromatic heterocycles. The monoisotopic (exact) mass is 276 g/mol. The number of amides is 1. The van der Waals surface area contributed by atoms with E-state index >= 15 is 0 Å². The quantitative estimate of drug-likeness (QED) is 0.866. The molecule has 1 amide bonds. The van der Waals surface area contributed by atoms with Crippen LogP contribution in [0, 0.1) is 0 Å². The molecule has 0 saturated carbocycles. The molecule has 1 rings (SSSR count). The van der Waals surface area contributed by atoms with E-state index in [1.54, 1.807) is 0 Å². The number of nitrogens with one attached hydrogen (secondary N) is 1. The number of carbonyl (C=O) groups excluding carboxylic acids is 1. The number of hydrogen-bond acceptors (Lipinski definition) is 2. The standard InChI is InChI=1S/C12H15F3N2O.CH4/c1-2-9(7-11(16)18)17-10-5-3-8(4-6-10)12(13,14)15;/h3-6,9,17H,2,7H2,1H3,(H2,16,18);1H4/t9-;/m1./s1. The second-order valence-corrected chi connectivity index (χ2v) is 4.00. The summed E-state index contributed by atoms with van der Waals surface area (Å²) in [6.07, 6.45) is -3.53. The van der Waals surface area contributed by atoms with Crippen LogP contribution in [0.1, 0.15) is 32.8 Å². The van der Waals surface area contributed by atoms with Gasteiger partial charge in [0.2, 0.25) is 5.91 Å². The van der Waals surface area contributed by atoms with Crippen molar-refractivity contribution < 1.29 is 18.0 Å². The highest BCUT2D eigenvalue weighted by Gasteiger charge is 2.29. The molecule has 3 nitrogen and oxygen atoms in total. The van der Waals surface area contributed by atoms with Crippen LogP contribution in [-0.2, 0) is 11.0 Å². The molecule has 0 heterocycles. The van der Waals surface area contributed by atoms with Crippen LogP contribution >= 0.6 is 0 Å². The second-order valence-electron chi connectivity index (χ2n) is 4.00. The van der Waals surface area contributed by atoms with E-state index in [1.807, 2.05) is 6.92 Å². The van der Waals surface area contributed by atoms with Crippen molar-refractivity contribution in [2.45, 2.75) is 39.4 Å². The van der Waals surface area contributed by atoms with Gasteiger partial charge < -0.3 is 11.1 Å². The summed E-state index contributed by atoms with van der Waals surface area (Å²) in [5.41, 5.74) is 4.92. The Kier molecular flexibility index (Phi) is 6.38. The van der Waals surface area contributed by atoms with Crippen LogP contribution in [0.25, 0.3) is 0 Å². The van der Waals surface area contributed by atoms with Gasteiger partial charge in [0, 0.05) is 18.2 Å².